The highest BCUT2D eigenvalue weighted by Gasteiger charge is 2.52. The Kier molecular flexibility index (Phi) is 5.96. The third-order valence-corrected chi connectivity index (χ3v) is 6.62. The fraction of sp³-hybridized carbons (Fsp3) is 0.591. The van der Waals surface area contributed by atoms with E-state index in [1.54, 1.807) is 12.4 Å². The van der Waals surface area contributed by atoms with Crippen LogP contribution >= 0.6 is 0 Å². The van der Waals surface area contributed by atoms with Gasteiger partial charge in [-0.2, -0.15) is 5.10 Å². The first-order valence-corrected chi connectivity index (χ1v) is 10.6. The van der Waals surface area contributed by atoms with Gasteiger partial charge in [-0.15, -0.1) is 0 Å². The number of carbonyl (C=O) groups excluding carboxylic acids is 1. The van der Waals surface area contributed by atoms with E-state index in [1.807, 2.05) is 30.1 Å². The lowest BCUT2D eigenvalue weighted by Gasteiger charge is -2.53. The Morgan fingerprint density at radius 3 is 2.79 bits per heavy atom. The summed E-state index contributed by atoms with van der Waals surface area (Å²) in [5, 5.41) is 7.59. The van der Waals surface area contributed by atoms with E-state index in [4.69, 9.17) is 0 Å². The average Bonchev–Trinajstić information content (AvgIpc) is 3.14. The largest absolute Gasteiger partial charge is 0.355 e. The van der Waals surface area contributed by atoms with Crippen molar-refractivity contribution >= 4 is 5.91 Å². The zero-order chi connectivity index (χ0) is 20.3. The van der Waals surface area contributed by atoms with E-state index in [1.165, 1.54) is 11.1 Å². The Morgan fingerprint density at radius 1 is 1.21 bits per heavy atom. The molecule has 0 radical (unpaired) electrons. The van der Waals surface area contributed by atoms with Crippen molar-refractivity contribution in [3.05, 3.63) is 48.0 Å². The molecule has 1 amide bonds. The van der Waals surface area contributed by atoms with E-state index < -0.39 is 0 Å². The Labute approximate surface area is 173 Å². The van der Waals surface area contributed by atoms with E-state index in [2.05, 4.69) is 38.4 Å². The van der Waals surface area contributed by atoms with Gasteiger partial charge in [0.15, 0.2) is 0 Å². The summed E-state index contributed by atoms with van der Waals surface area (Å²) < 4.78 is 1.85. The first-order valence-electron chi connectivity index (χ1n) is 10.6. The van der Waals surface area contributed by atoms with Crippen LogP contribution in [0.5, 0.6) is 0 Å². The molecule has 4 heterocycles. The average molecular weight is 397 g/mol. The van der Waals surface area contributed by atoms with Crippen LogP contribution in [0.2, 0.25) is 0 Å². The van der Waals surface area contributed by atoms with Crippen molar-refractivity contribution in [2.24, 2.45) is 12.5 Å². The van der Waals surface area contributed by atoms with Crippen molar-refractivity contribution in [1.82, 2.24) is 29.9 Å². The normalized spacial score (nSPS) is 25.5. The van der Waals surface area contributed by atoms with Gasteiger partial charge in [-0.05, 0) is 63.5 Å². The van der Waals surface area contributed by atoms with Gasteiger partial charge in [0.1, 0.15) is 0 Å². The number of nitrogens with zero attached hydrogens (tertiary/aromatic N) is 5. The number of amides is 1. The van der Waals surface area contributed by atoms with Gasteiger partial charge in [0.25, 0.3) is 0 Å². The molecule has 2 atom stereocenters. The van der Waals surface area contributed by atoms with Gasteiger partial charge in [0, 0.05) is 56.9 Å². The Balaban J connectivity index is 1.46. The highest BCUT2D eigenvalue weighted by atomic mass is 16.2. The molecule has 1 N–H and O–H groups in total. The molecule has 4 rings (SSSR count). The molecule has 2 aliphatic heterocycles. The Bertz CT molecular complexity index is 822. The molecule has 2 fully saturated rings. The predicted molar refractivity (Wildman–Crippen MR) is 112 cm³/mol. The van der Waals surface area contributed by atoms with E-state index in [-0.39, 0.29) is 17.4 Å². The number of nitrogens with one attached hydrogen (secondary N) is 1. The van der Waals surface area contributed by atoms with Crippen LogP contribution in [0.15, 0.2) is 36.9 Å². The summed E-state index contributed by atoms with van der Waals surface area (Å²) in [5.74, 6) is 0.237. The van der Waals surface area contributed by atoms with Crippen molar-refractivity contribution < 1.29 is 4.79 Å². The maximum Gasteiger partial charge on any atom is 0.227 e. The van der Waals surface area contributed by atoms with E-state index >= 15 is 0 Å². The summed E-state index contributed by atoms with van der Waals surface area (Å²) in [6, 6.07) is 4.27. The fourth-order valence-electron chi connectivity index (χ4n) is 5.03. The summed E-state index contributed by atoms with van der Waals surface area (Å²) in [7, 11) is 4.12. The second kappa shape index (κ2) is 8.63. The first kappa shape index (κ1) is 20.0. The lowest BCUT2D eigenvalue weighted by Crippen LogP contribution is -2.65. The van der Waals surface area contributed by atoms with Crippen LogP contribution in [0.4, 0.5) is 0 Å². The number of aryl methyl sites for hydroxylation is 1. The molecule has 2 aromatic heterocycles. The molecule has 2 aromatic rings. The van der Waals surface area contributed by atoms with Gasteiger partial charge in [0.2, 0.25) is 5.91 Å². The standard InChI is InChI=1S/C22H32N6O/c1-26-13-8-22(21(29)24-11-6-18-4-9-23-10-5-18)7-3-12-28(20(22)17-26)16-19-14-25-27(2)15-19/h4-5,9-10,14-15,20H,3,6-8,11-13,16-17H2,1-2H3,(H,24,29)/t20-,22+/m0/s1. The molecule has 0 spiro atoms. The molecule has 2 aliphatic rings. The summed E-state index contributed by atoms with van der Waals surface area (Å²) in [4.78, 5) is 22.4. The number of piperidine rings is 2. The number of carbonyl (C=O) groups is 1. The zero-order valence-corrected chi connectivity index (χ0v) is 17.5. The molecule has 29 heavy (non-hydrogen) atoms. The van der Waals surface area contributed by atoms with Gasteiger partial charge in [-0.25, -0.2) is 0 Å². The van der Waals surface area contributed by atoms with Crippen molar-refractivity contribution in [3.8, 4) is 0 Å². The highest BCUT2D eigenvalue weighted by molar-refractivity contribution is 5.84. The summed E-state index contributed by atoms with van der Waals surface area (Å²) in [5.41, 5.74) is 2.14. The quantitative estimate of drug-likeness (QED) is 0.801. The molecule has 0 aliphatic carbocycles. The minimum atomic E-state index is -0.286. The number of aromatic nitrogens is 3. The van der Waals surface area contributed by atoms with Crippen LogP contribution in [0.1, 0.15) is 30.4 Å². The molecule has 7 nitrogen and oxygen atoms in total. The minimum absolute atomic E-state index is 0.237. The molecule has 0 aromatic carbocycles. The van der Waals surface area contributed by atoms with Gasteiger partial charge >= 0.3 is 0 Å². The van der Waals surface area contributed by atoms with Gasteiger partial charge in [-0.3, -0.25) is 19.4 Å². The van der Waals surface area contributed by atoms with Gasteiger partial charge in [0.05, 0.1) is 11.6 Å². The summed E-state index contributed by atoms with van der Waals surface area (Å²) in [6.07, 6.45) is 11.5. The second-order valence-corrected chi connectivity index (χ2v) is 8.64. The highest BCUT2D eigenvalue weighted by Crippen LogP contribution is 2.43. The van der Waals surface area contributed by atoms with E-state index in [9.17, 15) is 4.79 Å². The van der Waals surface area contributed by atoms with E-state index in [0.717, 1.165) is 51.9 Å². The molecule has 156 valence electrons. The van der Waals surface area contributed by atoms with Crippen molar-refractivity contribution in [3.63, 3.8) is 0 Å². The topological polar surface area (TPSA) is 66.3 Å². The number of likely N-dealkylation sites (N-methyl/N-ethyl adjacent to an activating group) is 1. The predicted octanol–water partition coefficient (Wildman–Crippen LogP) is 1.46. The van der Waals surface area contributed by atoms with Crippen molar-refractivity contribution in [1.29, 1.82) is 0 Å². The molecule has 0 bridgehead atoms. The SMILES string of the molecule is CN1CC[C@]2(C(=O)NCCc3ccncc3)CCCN(Cc3cnn(C)c3)[C@H]2C1. The minimum Gasteiger partial charge on any atom is -0.355 e. The Morgan fingerprint density at radius 2 is 2.03 bits per heavy atom. The summed E-state index contributed by atoms with van der Waals surface area (Å²) >= 11 is 0. The molecule has 0 unspecified atom stereocenters. The second-order valence-electron chi connectivity index (χ2n) is 8.64. The smallest absolute Gasteiger partial charge is 0.227 e. The number of hydrogen-bond acceptors (Lipinski definition) is 5. The number of pyridine rings is 1. The van der Waals surface area contributed by atoms with Crippen molar-refractivity contribution in [2.45, 2.75) is 38.3 Å². The van der Waals surface area contributed by atoms with Gasteiger partial charge < -0.3 is 10.2 Å². The molecular weight excluding hydrogens is 364 g/mol. The zero-order valence-electron chi connectivity index (χ0n) is 17.5. The Hall–Kier alpha value is -2.25. The maximum absolute atomic E-state index is 13.5. The fourth-order valence-corrected chi connectivity index (χ4v) is 5.03. The molecule has 2 saturated heterocycles. The molecule has 0 saturated carbocycles. The van der Waals surface area contributed by atoms with Crippen LogP contribution < -0.4 is 5.32 Å². The van der Waals surface area contributed by atoms with E-state index in [0.29, 0.717) is 6.54 Å². The number of hydrogen-bond donors (Lipinski definition) is 1. The van der Waals surface area contributed by atoms with Crippen molar-refractivity contribution in [2.75, 3.05) is 33.2 Å². The van der Waals surface area contributed by atoms with Crippen LogP contribution in [0, 0.1) is 5.41 Å². The van der Waals surface area contributed by atoms with Crippen LogP contribution in [0.25, 0.3) is 0 Å². The first-order chi connectivity index (χ1) is 14.1. The van der Waals surface area contributed by atoms with Crippen LogP contribution in [0.3, 0.4) is 0 Å². The molecular formula is C22H32N6O. The maximum atomic E-state index is 13.5. The monoisotopic (exact) mass is 396 g/mol. The number of fused-ring (bicyclic) bond motifs is 1. The number of rotatable bonds is 6. The van der Waals surface area contributed by atoms with Crippen LogP contribution in [-0.2, 0) is 24.8 Å². The van der Waals surface area contributed by atoms with Crippen LogP contribution in [-0.4, -0.2) is 69.7 Å². The lowest BCUT2D eigenvalue weighted by atomic mass is 9.67. The molecule has 7 heteroatoms. The number of likely N-dealkylation sites (tertiary alicyclic amines) is 2. The van der Waals surface area contributed by atoms with Gasteiger partial charge in [-0.1, -0.05) is 0 Å². The summed E-state index contributed by atoms with van der Waals surface area (Å²) in [6.45, 7) is 4.50. The third-order valence-electron chi connectivity index (χ3n) is 6.62. The third kappa shape index (κ3) is 4.36. The lowest BCUT2D eigenvalue weighted by molar-refractivity contribution is -0.145.